The summed E-state index contributed by atoms with van der Waals surface area (Å²) >= 11 is 0. The second-order valence-electron chi connectivity index (χ2n) is 4.59. The van der Waals surface area contributed by atoms with E-state index >= 15 is 0 Å². The molecule has 2 rings (SSSR count). The van der Waals surface area contributed by atoms with Crippen LogP contribution in [0.25, 0.3) is 0 Å². The number of hydrogen-bond acceptors (Lipinski definition) is 4. The Balaban J connectivity index is 1.69. The average molecular weight is 237 g/mol. The number of rotatable bonds is 4. The summed E-state index contributed by atoms with van der Waals surface area (Å²) in [5.74, 6) is 0.805. The number of aromatic nitrogens is 1. The van der Waals surface area contributed by atoms with Crippen LogP contribution in [0.1, 0.15) is 35.5 Å². The Morgan fingerprint density at radius 1 is 1.71 bits per heavy atom. The van der Waals surface area contributed by atoms with Crippen LogP contribution in [-0.2, 0) is 0 Å². The van der Waals surface area contributed by atoms with Crippen LogP contribution in [0.3, 0.4) is 0 Å². The van der Waals surface area contributed by atoms with Gasteiger partial charge in [-0.05, 0) is 45.2 Å². The Bertz CT molecular complexity index is 370. The molecule has 0 aromatic carbocycles. The minimum atomic E-state index is -0.172. The highest BCUT2D eigenvalue weighted by Crippen LogP contribution is 2.13. The van der Waals surface area contributed by atoms with Crippen LogP contribution in [0, 0.1) is 12.8 Å². The lowest BCUT2D eigenvalue weighted by Crippen LogP contribution is -2.33. The van der Waals surface area contributed by atoms with Crippen LogP contribution < -0.4 is 10.6 Å². The Morgan fingerprint density at radius 3 is 3.24 bits per heavy atom. The Hall–Kier alpha value is -1.36. The van der Waals surface area contributed by atoms with Crippen molar-refractivity contribution in [3.63, 3.8) is 0 Å². The predicted molar refractivity (Wildman–Crippen MR) is 63.8 cm³/mol. The molecule has 1 saturated heterocycles. The molecule has 1 fully saturated rings. The molecule has 0 radical (unpaired) electrons. The quantitative estimate of drug-likeness (QED) is 0.823. The van der Waals surface area contributed by atoms with Gasteiger partial charge in [-0.3, -0.25) is 4.79 Å². The first-order chi connectivity index (χ1) is 8.25. The van der Waals surface area contributed by atoms with E-state index in [4.69, 9.17) is 4.52 Å². The highest BCUT2D eigenvalue weighted by molar-refractivity contribution is 5.91. The van der Waals surface area contributed by atoms with Crippen molar-refractivity contribution in [2.75, 3.05) is 19.6 Å². The summed E-state index contributed by atoms with van der Waals surface area (Å²) in [5.41, 5.74) is 0.728. The number of aryl methyl sites for hydroxylation is 1. The monoisotopic (exact) mass is 237 g/mol. The molecule has 1 aromatic heterocycles. The summed E-state index contributed by atoms with van der Waals surface area (Å²) in [7, 11) is 0. The lowest BCUT2D eigenvalue weighted by Gasteiger charge is -2.22. The van der Waals surface area contributed by atoms with Gasteiger partial charge in [-0.15, -0.1) is 0 Å². The first-order valence-corrected chi connectivity index (χ1v) is 6.18. The van der Waals surface area contributed by atoms with Crippen LogP contribution in [0.15, 0.2) is 10.6 Å². The van der Waals surface area contributed by atoms with Crippen LogP contribution in [-0.4, -0.2) is 30.7 Å². The fraction of sp³-hybridized carbons (Fsp3) is 0.667. The SMILES string of the molecule is Cc1cc(C(=O)NCCC2CCCNC2)on1. The molecule has 1 aromatic rings. The van der Waals surface area contributed by atoms with Gasteiger partial charge < -0.3 is 15.2 Å². The van der Waals surface area contributed by atoms with Gasteiger partial charge in [0.2, 0.25) is 5.76 Å². The maximum absolute atomic E-state index is 11.6. The van der Waals surface area contributed by atoms with E-state index < -0.39 is 0 Å². The number of hydrogen-bond donors (Lipinski definition) is 2. The standard InChI is InChI=1S/C12H19N3O2/c1-9-7-11(17-15-9)12(16)14-6-4-10-3-2-5-13-8-10/h7,10,13H,2-6,8H2,1H3,(H,14,16). The molecule has 1 aliphatic heterocycles. The van der Waals surface area contributed by atoms with E-state index in [0.717, 1.165) is 25.2 Å². The fourth-order valence-corrected chi connectivity index (χ4v) is 2.12. The van der Waals surface area contributed by atoms with Gasteiger partial charge in [-0.2, -0.15) is 0 Å². The molecule has 94 valence electrons. The van der Waals surface area contributed by atoms with Gasteiger partial charge in [0.05, 0.1) is 5.69 Å². The summed E-state index contributed by atoms with van der Waals surface area (Å²) in [6, 6.07) is 1.65. The molecule has 0 spiro atoms. The third-order valence-corrected chi connectivity index (χ3v) is 3.09. The Kier molecular flexibility index (Phi) is 4.14. The zero-order valence-corrected chi connectivity index (χ0v) is 10.2. The molecule has 5 heteroatoms. The normalized spacial score (nSPS) is 20.2. The lowest BCUT2D eigenvalue weighted by molar-refractivity contribution is 0.0913. The molecular weight excluding hydrogens is 218 g/mol. The van der Waals surface area contributed by atoms with Crippen molar-refractivity contribution in [2.45, 2.75) is 26.2 Å². The fourth-order valence-electron chi connectivity index (χ4n) is 2.12. The molecule has 1 amide bonds. The van der Waals surface area contributed by atoms with Crippen molar-refractivity contribution < 1.29 is 9.32 Å². The molecule has 17 heavy (non-hydrogen) atoms. The van der Waals surface area contributed by atoms with Crippen molar-refractivity contribution in [3.05, 3.63) is 17.5 Å². The first kappa shape index (κ1) is 12.1. The van der Waals surface area contributed by atoms with Gasteiger partial charge >= 0.3 is 0 Å². The van der Waals surface area contributed by atoms with Gasteiger partial charge in [0.25, 0.3) is 5.91 Å². The maximum atomic E-state index is 11.6. The van der Waals surface area contributed by atoms with Gasteiger partial charge in [0.1, 0.15) is 0 Å². The highest BCUT2D eigenvalue weighted by Gasteiger charge is 2.14. The van der Waals surface area contributed by atoms with Crippen molar-refractivity contribution in [1.82, 2.24) is 15.8 Å². The highest BCUT2D eigenvalue weighted by atomic mass is 16.5. The summed E-state index contributed by atoms with van der Waals surface area (Å²) in [5, 5.41) is 9.92. The molecular formula is C12H19N3O2. The van der Waals surface area contributed by atoms with E-state index in [1.807, 2.05) is 0 Å². The van der Waals surface area contributed by atoms with Gasteiger partial charge in [-0.25, -0.2) is 0 Å². The number of nitrogens with zero attached hydrogens (tertiary/aromatic N) is 1. The van der Waals surface area contributed by atoms with Crippen molar-refractivity contribution in [1.29, 1.82) is 0 Å². The summed E-state index contributed by atoms with van der Waals surface area (Å²) in [4.78, 5) is 11.6. The van der Waals surface area contributed by atoms with Crippen molar-refractivity contribution >= 4 is 5.91 Å². The van der Waals surface area contributed by atoms with E-state index in [1.165, 1.54) is 12.8 Å². The summed E-state index contributed by atoms with van der Waals surface area (Å²) < 4.78 is 4.89. The molecule has 2 N–H and O–H groups in total. The lowest BCUT2D eigenvalue weighted by atomic mass is 9.96. The molecule has 5 nitrogen and oxygen atoms in total. The molecule has 1 unspecified atom stereocenters. The number of piperidine rings is 1. The summed E-state index contributed by atoms with van der Waals surface area (Å²) in [6.45, 7) is 4.69. The third-order valence-electron chi connectivity index (χ3n) is 3.09. The number of carbonyl (C=O) groups excluding carboxylic acids is 1. The molecule has 0 bridgehead atoms. The van der Waals surface area contributed by atoms with Gasteiger partial charge in [-0.1, -0.05) is 5.16 Å². The average Bonchev–Trinajstić information content (AvgIpc) is 2.77. The molecule has 0 aliphatic carbocycles. The maximum Gasteiger partial charge on any atom is 0.289 e. The largest absolute Gasteiger partial charge is 0.351 e. The van der Waals surface area contributed by atoms with Crippen LogP contribution >= 0.6 is 0 Å². The Labute approximate surface area is 101 Å². The van der Waals surface area contributed by atoms with Crippen LogP contribution in [0.4, 0.5) is 0 Å². The third kappa shape index (κ3) is 3.56. The van der Waals surface area contributed by atoms with E-state index in [0.29, 0.717) is 18.2 Å². The molecule has 2 heterocycles. The minimum absolute atomic E-state index is 0.172. The van der Waals surface area contributed by atoms with Crippen molar-refractivity contribution in [2.24, 2.45) is 5.92 Å². The minimum Gasteiger partial charge on any atom is -0.351 e. The first-order valence-electron chi connectivity index (χ1n) is 6.18. The van der Waals surface area contributed by atoms with E-state index in [-0.39, 0.29) is 5.91 Å². The van der Waals surface area contributed by atoms with E-state index in [9.17, 15) is 4.79 Å². The Morgan fingerprint density at radius 2 is 2.59 bits per heavy atom. The summed E-state index contributed by atoms with van der Waals surface area (Å²) in [6.07, 6.45) is 3.51. The smallest absolute Gasteiger partial charge is 0.289 e. The zero-order chi connectivity index (χ0) is 12.1. The predicted octanol–water partition coefficient (Wildman–Crippen LogP) is 1.10. The number of nitrogens with one attached hydrogen (secondary N) is 2. The second-order valence-corrected chi connectivity index (χ2v) is 4.59. The van der Waals surface area contributed by atoms with Crippen molar-refractivity contribution in [3.8, 4) is 0 Å². The van der Waals surface area contributed by atoms with Crippen LogP contribution in [0.5, 0.6) is 0 Å². The number of carbonyl (C=O) groups is 1. The van der Waals surface area contributed by atoms with E-state index in [2.05, 4.69) is 15.8 Å². The van der Waals surface area contributed by atoms with E-state index in [1.54, 1.807) is 13.0 Å². The molecule has 1 atom stereocenters. The van der Waals surface area contributed by atoms with Crippen LogP contribution in [0.2, 0.25) is 0 Å². The van der Waals surface area contributed by atoms with Gasteiger partial charge in [0, 0.05) is 12.6 Å². The number of amides is 1. The molecule has 0 saturated carbocycles. The molecule has 1 aliphatic rings. The van der Waals surface area contributed by atoms with Gasteiger partial charge in [0.15, 0.2) is 0 Å². The second kappa shape index (κ2) is 5.82. The topological polar surface area (TPSA) is 67.2 Å². The zero-order valence-electron chi connectivity index (χ0n) is 10.2.